The Morgan fingerprint density at radius 1 is 0.881 bits per heavy atom. The van der Waals surface area contributed by atoms with E-state index in [4.69, 9.17) is 4.74 Å². The zero-order valence-electron chi connectivity index (χ0n) is 24.9. The van der Waals surface area contributed by atoms with Crippen molar-refractivity contribution in [3.05, 3.63) is 71.8 Å². The molecule has 2 aliphatic heterocycles. The second kappa shape index (κ2) is 12.8. The highest BCUT2D eigenvalue weighted by Gasteiger charge is 2.62. The van der Waals surface area contributed by atoms with Gasteiger partial charge in [0.1, 0.15) is 13.2 Å². The Kier molecular flexibility index (Phi) is 9.08. The van der Waals surface area contributed by atoms with Crippen molar-refractivity contribution in [3.8, 4) is 0 Å². The van der Waals surface area contributed by atoms with E-state index in [1.54, 1.807) is 9.80 Å². The molecular weight excluding hydrogens is 532 g/mol. The van der Waals surface area contributed by atoms with Crippen LogP contribution >= 0.6 is 0 Å². The molecule has 1 aliphatic carbocycles. The predicted octanol–water partition coefficient (Wildman–Crippen LogP) is 3.10. The van der Waals surface area contributed by atoms with Crippen molar-refractivity contribution in [1.29, 1.82) is 0 Å². The number of imide groups is 1. The van der Waals surface area contributed by atoms with Gasteiger partial charge in [0.15, 0.2) is 6.23 Å². The van der Waals surface area contributed by atoms with Gasteiger partial charge in [0.2, 0.25) is 17.7 Å². The lowest BCUT2D eigenvalue weighted by Crippen LogP contribution is -2.72. The number of ether oxygens (including phenoxy) is 1. The molecule has 2 aromatic rings. The molecular formula is C33H42N4O5. The van der Waals surface area contributed by atoms with Gasteiger partial charge >= 0.3 is 0 Å². The topological polar surface area (TPSA) is 90.5 Å². The average Bonchev–Trinajstić information content (AvgIpc) is 3.85. The molecule has 2 aromatic carbocycles. The molecule has 3 aliphatic rings. The Hall–Kier alpha value is -3.56. The number of hydrogen-bond acceptors (Lipinski definition) is 6. The molecule has 0 bridgehead atoms. The number of likely N-dealkylation sites (tertiary alicyclic amines) is 1. The molecule has 2 saturated heterocycles. The van der Waals surface area contributed by atoms with Crippen LogP contribution in [0.1, 0.15) is 56.6 Å². The van der Waals surface area contributed by atoms with E-state index in [9.17, 15) is 19.2 Å². The molecule has 0 spiro atoms. The van der Waals surface area contributed by atoms with E-state index in [0.717, 1.165) is 42.0 Å². The van der Waals surface area contributed by atoms with Crippen LogP contribution in [-0.4, -0.2) is 102 Å². The maximum Gasteiger partial charge on any atom is 0.250 e. The van der Waals surface area contributed by atoms with Crippen molar-refractivity contribution in [3.63, 3.8) is 0 Å². The standard InChI is InChI=1S/C33H42N4O5/c1-4-33(5-2)31(41)37(32(33)42-23-28(39)35-20-18-34(3)19-21-35)27(38)22-36(26-16-17-26)30(40)29(24-12-8-6-9-13-24)25-14-10-7-11-15-25/h6-15,26,29,32H,4-5,16-23H2,1-3H3/t32-/m0/s1. The summed E-state index contributed by atoms with van der Waals surface area (Å²) in [6, 6.07) is 19.1. The Balaban J connectivity index is 1.34. The van der Waals surface area contributed by atoms with E-state index in [0.29, 0.717) is 25.9 Å². The van der Waals surface area contributed by atoms with E-state index in [1.165, 1.54) is 0 Å². The normalized spacial score (nSPS) is 20.4. The average molecular weight is 575 g/mol. The lowest BCUT2D eigenvalue weighted by Gasteiger charge is -2.54. The fourth-order valence-electron chi connectivity index (χ4n) is 6.24. The summed E-state index contributed by atoms with van der Waals surface area (Å²) in [7, 11) is 2.02. The van der Waals surface area contributed by atoms with Crippen LogP contribution in [0, 0.1) is 5.41 Å². The molecule has 2 heterocycles. The van der Waals surface area contributed by atoms with Crippen LogP contribution in [0.2, 0.25) is 0 Å². The summed E-state index contributed by atoms with van der Waals surface area (Å²) in [5, 5.41) is 0. The Labute approximate surface area is 248 Å². The van der Waals surface area contributed by atoms with E-state index < -0.39 is 23.5 Å². The minimum Gasteiger partial charge on any atom is -0.347 e. The minimum atomic E-state index is -0.858. The molecule has 0 unspecified atom stereocenters. The maximum absolute atomic E-state index is 14.2. The van der Waals surface area contributed by atoms with E-state index in [-0.39, 0.29) is 36.9 Å². The second-order valence-corrected chi connectivity index (χ2v) is 11.7. The van der Waals surface area contributed by atoms with Crippen LogP contribution in [0.5, 0.6) is 0 Å². The van der Waals surface area contributed by atoms with E-state index >= 15 is 0 Å². The lowest BCUT2D eigenvalue weighted by molar-refractivity contribution is -0.224. The molecule has 9 heteroatoms. The number of benzene rings is 2. The Morgan fingerprint density at radius 2 is 1.43 bits per heavy atom. The zero-order chi connectivity index (χ0) is 29.9. The van der Waals surface area contributed by atoms with Crippen molar-refractivity contribution in [2.45, 2.75) is 57.7 Å². The largest absolute Gasteiger partial charge is 0.347 e. The number of amides is 4. The van der Waals surface area contributed by atoms with Crippen molar-refractivity contribution in [2.24, 2.45) is 5.41 Å². The zero-order valence-corrected chi connectivity index (χ0v) is 24.9. The Bertz CT molecular complexity index is 1230. The molecule has 0 N–H and O–H groups in total. The number of carbonyl (C=O) groups is 4. The number of likely N-dealkylation sites (N-methyl/N-ethyl adjacent to an activating group) is 1. The van der Waals surface area contributed by atoms with Gasteiger partial charge < -0.3 is 19.4 Å². The molecule has 3 fully saturated rings. The fraction of sp³-hybridized carbons (Fsp3) is 0.515. The highest BCUT2D eigenvalue weighted by atomic mass is 16.5. The van der Waals surface area contributed by atoms with Gasteiger partial charge in [-0.2, -0.15) is 0 Å². The molecule has 5 rings (SSSR count). The molecule has 0 aromatic heterocycles. The summed E-state index contributed by atoms with van der Waals surface area (Å²) in [5.41, 5.74) is 0.848. The molecule has 9 nitrogen and oxygen atoms in total. The number of hydrogen-bond donors (Lipinski definition) is 0. The first kappa shape index (κ1) is 29.9. The number of nitrogens with zero attached hydrogens (tertiary/aromatic N) is 4. The third kappa shape index (κ3) is 5.85. The van der Waals surface area contributed by atoms with Gasteiger partial charge in [-0.05, 0) is 43.9 Å². The highest BCUT2D eigenvalue weighted by molar-refractivity contribution is 6.05. The van der Waals surface area contributed by atoms with Gasteiger partial charge in [0.25, 0.3) is 5.91 Å². The smallest absolute Gasteiger partial charge is 0.250 e. The second-order valence-electron chi connectivity index (χ2n) is 11.7. The first-order valence-electron chi connectivity index (χ1n) is 15.2. The van der Waals surface area contributed by atoms with Crippen molar-refractivity contribution < 1.29 is 23.9 Å². The molecule has 1 atom stereocenters. The van der Waals surface area contributed by atoms with Crippen LogP contribution < -0.4 is 0 Å². The number of piperazine rings is 1. The quantitative estimate of drug-likeness (QED) is 0.383. The van der Waals surface area contributed by atoms with Gasteiger partial charge in [-0.15, -0.1) is 0 Å². The highest BCUT2D eigenvalue weighted by Crippen LogP contribution is 2.46. The summed E-state index contributed by atoms with van der Waals surface area (Å²) in [5.74, 6) is -1.61. The predicted molar refractivity (Wildman–Crippen MR) is 158 cm³/mol. The fourth-order valence-corrected chi connectivity index (χ4v) is 6.24. The number of β-lactam (4-membered cyclic amide) rings is 1. The SMILES string of the molecule is CCC1(CC)C(=O)N(C(=O)CN(C(=O)C(c2ccccc2)c2ccccc2)C2CC2)[C@H]1OCC(=O)N1CCN(C)CC1. The molecule has 42 heavy (non-hydrogen) atoms. The van der Waals surface area contributed by atoms with Crippen LogP contribution in [0.15, 0.2) is 60.7 Å². The van der Waals surface area contributed by atoms with E-state index in [2.05, 4.69) is 4.90 Å². The summed E-state index contributed by atoms with van der Waals surface area (Å²) in [4.78, 5) is 61.2. The summed E-state index contributed by atoms with van der Waals surface area (Å²) in [6.45, 7) is 6.26. The minimum absolute atomic E-state index is 0.0481. The molecule has 224 valence electrons. The third-order valence-electron chi connectivity index (χ3n) is 9.19. The van der Waals surface area contributed by atoms with Crippen LogP contribution in [0.3, 0.4) is 0 Å². The molecule has 1 saturated carbocycles. The van der Waals surface area contributed by atoms with E-state index in [1.807, 2.05) is 81.6 Å². The third-order valence-corrected chi connectivity index (χ3v) is 9.19. The van der Waals surface area contributed by atoms with Crippen LogP contribution in [0.25, 0.3) is 0 Å². The number of carbonyl (C=O) groups excluding carboxylic acids is 4. The maximum atomic E-state index is 14.2. The van der Waals surface area contributed by atoms with Crippen LogP contribution in [-0.2, 0) is 23.9 Å². The van der Waals surface area contributed by atoms with Gasteiger partial charge in [-0.3, -0.25) is 24.1 Å². The summed E-state index contributed by atoms with van der Waals surface area (Å²) in [6.07, 6.45) is 1.79. The van der Waals surface area contributed by atoms with Gasteiger partial charge in [0, 0.05) is 32.2 Å². The van der Waals surface area contributed by atoms with Crippen molar-refractivity contribution >= 4 is 23.6 Å². The summed E-state index contributed by atoms with van der Waals surface area (Å²) >= 11 is 0. The monoisotopic (exact) mass is 574 g/mol. The number of rotatable bonds is 11. The molecule has 4 amide bonds. The molecule has 0 radical (unpaired) electrons. The van der Waals surface area contributed by atoms with Crippen molar-refractivity contribution in [1.82, 2.24) is 19.6 Å². The van der Waals surface area contributed by atoms with Gasteiger partial charge in [0.05, 0.1) is 11.3 Å². The van der Waals surface area contributed by atoms with Crippen LogP contribution in [0.4, 0.5) is 0 Å². The van der Waals surface area contributed by atoms with Gasteiger partial charge in [-0.25, -0.2) is 0 Å². The first-order chi connectivity index (χ1) is 20.3. The van der Waals surface area contributed by atoms with Gasteiger partial charge in [-0.1, -0.05) is 74.5 Å². The Morgan fingerprint density at radius 3 is 1.93 bits per heavy atom. The first-order valence-corrected chi connectivity index (χ1v) is 15.2. The van der Waals surface area contributed by atoms with Crippen molar-refractivity contribution in [2.75, 3.05) is 46.4 Å². The summed E-state index contributed by atoms with van der Waals surface area (Å²) < 4.78 is 6.10. The lowest BCUT2D eigenvalue weighted by atomic mass is 9.71.